The molecule has 0 saturated heterocycles. The fourth-order valence-electron chi connectivity index (χ4n) is 2.21. The lowest BCUT2D eigenvalue weighted by atomic mass is 9.96. The number of rotatable bonds is 4. The zero-order valence-electron chi connectivity index (χ0n) is 10.9. The van der Waals surface area contributed by atoms with Crippen LogP contribution in [0, 0.1) is 0 Å². The lowest BCUT2D eigenvalue weighted by molar-refractivity contribution is 0.220. The Kier molecular flexibility index (Phi) is 5.23. The Balaban J connectivity index is 2.39. The van der Waals surface area contributed by atoms with Crippen molar-refractivity contribution < 1.29 is 5.11 Å². The van der Waals surface area contributed by atoms with Crippen molar-refractivity contribution in [2.45, 2.75) is 32.8 Å². The average Bonchev–Trinajstić information content (AvgIpc) is 2.76. The molecule has 0 aliphatic carbocycles. The number of benzene rings is 1. The van der Waals surface area contributed by atoms with Gasteiger partial charge in [-0.15, -0.1) is 11.3 Å². The van der Waals surface area contributed by atoms with Gasteiger partial charge in [0.1, 0.15) is 6.10 Å². The van der Waals surface area contributed by atoms with Crippen molar-refractivity contribution in [2.75, 3.05) is 0 Å². The van der Waals surface area contributed by atoms with Crippen LogP contribution in [0.25, 0.3) is 0 Å². The van der Waals surface area contributed by atoms with E-state index in [-0.39, 0.29) is 0 Å². The summed E-state index contributed by atoms with van der Waals surface area (Å²) in [7, 11) is 0. The molecule has 1 aromatic heterocycles. The van der Waals surface area contributed by atoms with Crippen LogP contribution < -0.4 is 0 Å². The minimum Gasteiger partial charge on any atom is -0.384 e. The van der Waals surface area contributed by atoms with Crippen LogP contribution in [0.5, 0.6) is 0 Å². The molecular formula is C15H16Br2OS. The lowest BCUT2D eigenvalue weighted by Gasteiger charge is -2.14. The summed E-state index contributed by atoms with van der Waals surface area (Å²) >= 11 is 8.54. The first kappa shape index (κ1) is 15.2. The molecule has 0 fully saturated rings. The number of aliphatic hydroxyl groups is 1. The quantitative estimate of drug-likeness (QED) is 0.716. The van der Waals surface area contributed by atoms with E-state index in [0.717, 1.165) is 31.5 Å². The van der Waals surface area contributed by atoms with Crippen molar-refractivity contribution in [3.63, 3.8) is 0 Å². The minimum absolute atomic E-state index is 0.576. The summed E-state index contributed by atoms with van der Waals surface area (Å²) in [6.07, 6.45) is 1.46. The molecule has 0 radical (unpaired) electrons. The standard InChI is InChI=1S/C15H16Br2OS/c1-3-9-5-6-11(7-10(9)4-2)14(18)12-8-13(16)19-15(12)17/h5-8,14,18H,3-4H2,1-2H3. The third-order valence-electron chi connectivity index (χ3n) is 3.29. The molecule has 1 atom stereocenters. The zero-order valence-corrected chi connectivity index (χ0v) is 14.9. The summed E-state index contributed by atoms with van der Waals surface area (Å²) in [6.45, 7) is 4.32. The normalized spacial score (nSPS) is 12.7. The maximum Gasteiger partial charge on any atom is 0.106 e. The predicted octanol–water partition coefficient (Wildman–Crippen LogP) is 5.48. The van der Waals surface area contributed by atoms with Crippen LogP contribution in [0.4, 0.5) is 0 Å². The molecule has 0 spiro atoms. The van der Waals surface area contributed by atoms with Crippen molar-refractivity contribution in [1.82, 2.24) is 0 Å². The smallest absolute Gasteiger partial charge is 0.106 e. The maximum atomic E-state index is 10.5. The van der Waals surface area contributed by atoms with E-state index in [2.05, 4.69) is 57.8 Å². The number of aliphatic hydroxyl groups excluding tert-OH is 1. The van der Waals surface area contributed by atoms with E-state index in [0.29, 0.717) is 0 Å². The summed E-state index contributed by atoms with van der Waals surface area (Å²) in [5.74, 6) is 0. The molecule has 19 heavy (non-hydrogen) atoms. The summed E-state index contributed by atoms with van der Waals surface area (Å²) < 4.78 is 2.00. The molecule has 0 saturated carbocycles. The molecule has 2 aromatic rings. The van der Waals surface area contributed by atoms with E-state index in [1.807, 2.05) is 12.1 Å². The number of thiophene rings is 1. The molecule has 0 amide bonds. The van der Waals surface area contributed by atoms with E-state index in [9.17, 15) is 5.11 Å². The predicted molar refractivity (Wildman–Crippen MR) is 89.0 cm³/mol. The summed E-state index contributed by atoms with van der Waals surface area (Å²) in [6, 6.07) is 8.26. The SMILES string of the molecule is CCc1ccc(C(O)c2cc(Br)sc2Br)cc1CC. The van der Waals surface area contributed by atoms with Gasteiger partial charge in [0, 0.05) is 5.56 Å². The number of aryl methyl sites for hydroxylation is 2. The Labute approximate surface area is 134 Å². The van der Waals surface area contributed by atoms with E-state index in [4.69, 9.17) is 0 Å². The first-order valence-corrected chi connectivity index (χ1v) is 8.71. The van der Waals surface area contributed by atoms with Crippen LogP contribution in [0.1, 0.15) is 42.2 Å². The highest BCUT2D eigenvalue weighted by Crippen LogP contribution is 2.38. The third kappa shape index (κ3) is 3.30. The minimum atomic E-state index is -0.576. The van der Waals surface area contributed by atoms with Gasteiger partial charge in [-0.1, -0.05) is 32.0 Å². The molecule has 4 heteroatoms. The van der Waals surface area contributed by atoms with Gasteiger partial charge in [0.2, 0.25) is 0 Å². The van der Waals surface area contributed by atoms with Gasteiger partial charge in [-0.2, -0.15) is 0 Å². The van der Waals surface area contributed by atoms with Crippen molar-refractivity contribution in [1.29, 1.82) is 0 Å². The van der Waals surface area contributed by atoms with Gasteiger partial charge in [0.05, 0.1) is 7.57 Å². The maximum absolute atomic E-state index is 10.5. The van der Waals surface area contributed by atoms with Gasteiger partial charge in [0.25, 0.3) is 0 Å². The Morgan fingerprint density at radius 2 is 1.79 bits per heavy atom. The molecular weight excluding hydrogens is 388 g/mol. The van der Waals surface area contributed by atoms with Crippen LogP contribution in [-0.2, 0) is 12.8 Å². The summed E-state index contributed by atoms with van der Waals surface area (Å²) in [4.78, 5) is 0. The summed E-state index contributed by atoms with van der Waals surface area (Å²) in [5, 5.41) is 10.5. The monoisotopic (exact) mass is 402 g/mol. The van der Waals surface area contributed by atoms with Gasteiger partial charge >= 0.3 is 0 Å². The molecule has 0 aliphatic rings. The molecule has 1 unspecified atom stereocenters. The lowest BCUT2D eigenvalue weighted by Crippen LogP contribution is -2.01. The van der Waals surface area contributed by atoms with Crippen molar-refractivity contribution in [3.8, 4) is 0 Å². The fraction of sp³-hybridized carbons (Fsp3) is 0.333. The largest absolute Gasteiger partial charge is 0.384 e. The van der Waals surface area contributed by atoms with E-state index in [1.165, 1.54) is 11.1 Å². The van der Waals surface area contributed by atoms with Crippen LogP contribution in [-0.4, -0.2) is 5.11 Å². The molecule has 0 bridgehead atoms. The molecule has 2 rings (SSSR count). The highest BCUT2D eigenvalue weighted by atomic mass is 79.9. The molecule has 0 aliphatic heterocycles. The topological polar surface area (TPSA) is 20.2 Å². The van der Waals surface area contributed by atoms with Gasteiger partial charge in [0.15, 0.2) is 0 Å². The van der Waals surface area contributed by atoms with Gasteiger partial charge < -0.3 is 5.11 Å². The molecule has 102 valence electrons. The number of halogens is 2. The van der Waals surface area contributed by atoms with E-state index in [1.54, 1.807) is 11.3 Å². The Morgan fingerprint density at radius 1 is 1.11 bits per heavy atom. The number of hydrogen-bond donors (Lipinski definition) is 1. The summed E-state index contributed by atoms with van der Waals surface area (Å²) in [5.41, 5.74) is 4.57. The highest BCUT2D eigenvalue weighted by Gasteiger charge is 2.17. The van der Waals surface area contributed by atoms with Crippen molar-refractivity contribution >= 4 is 43.2 Å². The fourth-order valence-corrected chi connectivity index (χ4v) is 5.09. The van der Waals surface area contributed by atoms with Crippen LogP contribution in [0.2, 0.25) is 0 Å². The Bertz CT molecular complexity index is 578. The van der Waals surface area contributed by atoms with Crippen LogP contribution in [0.3, 0.4) is 0 Å². The highest BCUT2D eigenvalue weighted by molar-refractivity contribution is 9.12. The van der Waals surface area contributed by atoms with Crippen molar-refractivity contribution in [2.24, 2.45) is 0 Å². The molecule has 1 aromatic carbocycles. The molecule has 1 heterocycles. The average molecular weight is 404 g/mol. The van der Waals surface area contributed by atoms with E-state index >= 15 is 0 Å². The second-order valence-electron chi connectivity index (χ2n) is 4.42. The van der Waals surface area contributed by atoms with Gasteiger partial charge in [-0.05, 0) is 67.5 Å². The van der Waals surface area contributed by atoms with E-state index < -0.39 is 6.10 Å². The molecule has 1 N–H and O–H groups in total. The molecule has 1 nitrogen and oxygen atoms in total. The first-order valence-electron chi connectivity index (χ1n) is 6.31. The van der Waals surface area contributed by atoms with Gasteiger partial charge in [-0.25, -0.2) is 0 Å². The van der Waals surface area contributed by atoms with Crippen LogP contribution in [0.15, 0.2) is 31.8 Å². The zero-order chi connectivity index (χ0) is 14.0. The van der Waals surface area contributed by atoms with Crippen molar-refractivity contribution in [3.05, 3.63) is 54.1 Å². The van der Waals surface area contributed by atoms with Gasteiger partial charge in [-0.3, -0.25) is 0 Å². The van der Waals surface area contributed by atoms with Crippen LogP contribution >= 0.6 is 43.2 Å². The first-order chi connectivity index (χ1) is 9.06. The second kappa shape index (κ2) is 6.53. The third-order valence-corrected chi connectivity index (χ3v) is 5.67. The Morgan fingerprint density at radius 3 is 2.32 bits per heavy atom. The Hall–Kier alpha value is -0.160. The number of hydrogen-bond acceptors (Lipinski definition) is 2. The second-order valence-corrected chi connectivity index (χ2v) is 8.17.